The number of aromatic carboxylic acids is 1. The first kappa shape index (κ1) is 24.3. The van der Waals surface area contributed by atoms with Gasteiger partial charge in [0.05, 0.1) is 56.2 Å². The van der Waals surface area contributed by atoms with Crippen LogP contribution in [-0.2, 0) is 18.9 Å². The van der Waals surface area contributed by atoms with Crippen LogP contribution < -0.4 is 0 Å². The smallest absolute Gasteiger partial charge is 0.339 e. The monoisotopic (exact) mass is 404 g/mol. The third-order valence-corrected chi connectivity index (χ3v) is 3.82. The number of ether oxygens (including phenoxy) is 4. The highest BCUT2D eigenvalue weighted by Crippen LogP contribution is 2.22. The summed E-state index contributed by atoms with van der Waals surface area (Å²) in [5, 5.41) is 9.28. The molecule has 0 heterocycles. The molecule has 7 heteroatoms. The largest absolute Gasteiger partial charge is 0.478 e. The molecule has 1 aromatic carbocycles. The van der Waals surface area contributed by atoms with Gasteiger partial charge in [0, 0.05) is 0 Å². The summed E-state index contributed by atoms with van der Waals surface area (Å²) >= 11 is 0. The second kappa shape index (κ2) is 13.4. The average molecular weight is 404 g/mol. The van der Waals surface area contributed by atoms with Crippen molar-refractivity contribution in [2.45, 2.75) is 0 Å². The standard InChI is InChI=1S/C22H28O7/c1-4-11-26-14-22(15-27-12-5-2,16-28-13-6-3)17-29-21(25)19-10-8-7-9-18(19)20(23)24/h4-10H,1-3,11-17H2,(H,23,24). The van der Waals surface area contributed by atoms with Crippen LogP contribution in [0.25, 0.3) is 0 Å². The molecule has 1 N–H and O–H groups in total. The van der Waals surface area contributed by atoms with E-state index in [1.165, 1.54) is 12.1 Å². The minimum atomic E-state index is -1.21. The number of benzene rings is 1. The van der Waals surface area contributed by atoms with E-state index in [9.17, 15) is 14.7 Å². The van der Waals surface area contributed by atoms with Crippen molar-refractivity contribution in [3.8, 4) is 0 Å². The van der Waals surface area contributed by atoms with Gasteiger partial charge in [-0.3, -0.25) is 0 Å². The van der Waals surface area contributed by atoms with E-state index < -0.39 is 17.4 Å². The molecule has 0 atom stereocenters. The van der Waals surface area contributed by atoms with E-state index in [2.05, 4.69) is 19.7 Å². The molecule has 0 aliphatic heterocycles. The Labute approximate surface area is 171 Å². The molecule has 0 saturated carbocycles. The fourth-order valence-corrected chi connectivity index (χ4v) is 2.47. The van der Waals surface area contributed by atoms with E-state index in [1.807, 2.05) is 0 Å². The highest BCUT2D eigenvalue weighted by Gasteiger charge is 2.34. The molecule has 0 aliphatic carbocycles. The van der Waals surface area contributed by atoms with Crippen molar-refractivity contribution in [2.24, 2.45) is 5.41 Å². The van der Waals surface area contributed by atoms with E-state index >= 15 is 0 Å². The van der Waals surface area contributed by atoms with Gasteiger partial charge in [-0.1, -0.05) is 30.4 Å². The molecular formula is C22H28O7. The maximum Gasteiger partial charge on any atom is 0.339 e. The van der Waals surface area contributed by atoms with Gasteiger partial charge in [-0.05, 0) is 12.1 Å². The normalized spacial score (nSPS) is 10.9. The van der Waals surface area contributed by atoms with Gasteiger partial charge in [-0.15, -0.1) is 19.7 Å². The molecule has 7 nitrogen and oxygen atoms in total. The van der Waals surface area contributed by atoms with Gasteiger partial charge in [-0.2, -0.15) is 0 Å². The van der Waals surface area contributed by atoms with Crippen LogP contribution >= 0.6 is 0 Å². The van der Waals surface area contributed by atoms with Gasteiger partial charge >= 0.3 is 11.9 Å². The number of rotatable bonds is 16. The molecule has 1 aromatic rings. The molecule has 1 rings (SSSR count). The lowest BCUT2D eigenvalue weighted by molar-refractivity contribution is -0.0865. The fraction of sp³-hybridized carbons (Fsp3) is 0.364. The summed E-state index contributed by atoms with van der Waals surface area (Å²) in [6.07, 6.45) is 4.82. The topological polar surface area (TPSA) is 91.3 Å². The van der Waals surface area contributed by atoms with Crippen molar-refractivity contribution in [1.82, 2.24) is 0 Å². The lowest BCUT2D eigenvalue weighted by atomic mass is 9.92. The molecule has 0 radical (unpaired) electrons. The molecule has 0 saturated heterocycles. The SMILES string of the molecule is C=CCOCC(COCC=C)(COCC=C)COC(=O)c1ccccc1C(=O)O. The Morgan fingerprint density at radius 2 is 1.28 bits per heavy atom. The zero-order valence-electron chi connectivity index (χ0n) is 16.5. The van der Waals surface area contributed by atoms with Crippen LogP contribution in [-0.4, -0.2) is 63.3 Å². The molecule has 0 fully saturated rings. The van der Waals surface area contributed by atoms with Gasteiger partial charge in [-0.25, -0.2) is 9.59 Å². The number of hydrogen-bond donors (Lipinski definition) is 1. The average Bonchev–Trinajstić information content (AvgIpc) is 2.72. The van der Waals surface area contributed by atoms with E-state index in [-0.39, 0.29) is 37.6 Å². The van der Waals surface area contributed by atoms with E-state index in [0.717, 1.165) is 0 Å². The summed E-state index contributed by atoms with van der Waals surface area (Å²) in [6, 6.07) is 5.87. The third kappa shape index (κ3) is 8.43. The first-order chi connectivity index (χ1) is 14.0. The number of carbonyl (C=O) groups excluding carboxylic acids is 1. The van der Waals surface area contributed by atoms with Crippen LogP contribution in [0.3, 0.4) is 0 Å². The Kier molecular flexibility index (Phi) is 11.3. The van der Waals surface area contributed by atoms with E-state index in [0.29, 0.717) is 19.8 Å². The second-order valence-corrected chi connectivity index (χ2v) is 6.34. The Hall–Kier alpha value is -2.74. The third-order valence-electron chi connectivity index (χ3n) is 3.82. The first-order valence-corrected chi connectivity index (χ1v) is 9.05. The van der Waals surface area contributed by atoms with Crippen molar-refractivity contribution < 1.29 is 33.6 Å². The number of carbonyl (C=O) groups is 2. The number of carboxylic acids is 1. The van der Waals surface area contributed by atoms with Crippen molar-refractivity contribution in [1.29, 1.82) is 0 Å². The van der Waals surface area contributed by atoms with Crippen molar-refractivity contribution >= 4 is 11.9 Å². The van der Waals surface area contributed by atoms with Crippen LogP contribution in [0, 0.1) is 5.41 Å². The highest BCUT2D eigenvalue weighted by molar-refractivity contribution is 6.02. The summed E-state index contributed by atoms with van der Waals surface area (Å²) in [4.78, 5) is 23.9. The number of hydrogen-bond acceptors (Lipinski definition) is 6. The second-order valence-electron chi connectivity index (χ2n) is 6.34. The lowest BCUT2D eigenvalue weighted by Gasteiger charge is -2.32. The first-order valence-electron chi connectivity index (χ1n) is 9.05. The molecule has 0 bridgehead atoms. The number of carboxylic acid groups (broad SMARTS) is 1. The molecule has 158 valence electrons. The summed E-state index contributed by atoms with van der Waals surface area (Å²) in [7, 11) is 0. The summed E-state index contributed by atoms with van der Waals surface area (Å²) < 4.78 is 22.2. The minimum Gasteiger partial charge on any atom is -0.478 e. The van der Waals surface area contributed by atoms with Crippen molar-refractivity contribution in [3.05, 3.63) is 73.4 Å². The van der Waals surface area contributed by atoms with E-state index in [4.69, 9.17) is 18.9 Å². The summed E-state index contributed by atoms with van der Waals surface area (Å²) in [6.45, 7) is 12.2. The van der Waals surface area contributed by atoms with Gasteiger partial charge in [0.15, 0.2) is 0 Å². The van der Waals surface area contributed by atoms with Gasteiger partial charge in [0.25, 0.3) is 0 Å². The summed E-state index contributed by atoms with van der Waals surface area (Å²) in [5.74, 6) is -1.95. The van der Waals surface area contributed by atoms with Crippen molar-refractivity contribution in [2.75, 3.05) is 46.2 Å². The van der Waals surface area contributed by atoms with Crippen LogP contribution in [0.1, 0.15) is 20.7 Å². The van der Waals surface area contributed by atoms with Crippen molar-refractivity contribution in [3.63, 3.8) is 0 Å². The predicted molar refractivity (Wildman–Crippen MR) is 109 cm³/mol. The zero-order chi connectivity index (χ0) is 21.5. The number of esters is 1. The highest BCUT2D eigenvalue weighted by atomic mass is 16.5. The molecular weight excluding hydrogens is 376 g/mol. The Balaban J connectivity index is 2.98. The molecule has 0 amide bonds. The van der Waals surface area contributed by atoms with Gasteiger partial charge < -0.3 is 24.1 Å². The molecule has 0 unspecified atom stereocenters. The van der Waals surface area contributed by atoms with Crippen LogP contribution in [0.4, 0.5) is 0 Å². The molecule has 0 aliphatic rings. The molecule has 29 heavy (non-hydrogen) atoms. The molecule has 0 spiro atoms. The Morgan fingerprint density at radius 3 is 1.69 bits per heavy atom. The lowest BCUT2D eigenvalue weighted by Crippen LogP contribution is -2.42. The fourth-order valence-electron chi connectivity index (χ4n) is 2.47. The maximum absolute atomic E-state index is 12.6. The van der Waals surface area contributed by atoms with Gasteiger partial charge in [0.2, 0.25) is 0 Å². The zero-order valence-corrected chi connectivity index (χ0v) is 16.5. The van der Waals surface area contributed by atoms with Gasteiger partial charge in [0.1, 0.15) is 6.61 Å². The Morgan fingerprint density at radius 1 is 0.828 bits per heavy atom. The van der Waals surface area contributed by atoms with Crippen LogP contribution in [0.5, 0.6) is 0 Å². The van der Waals surface area contributed by atoms with Crippen LogP contribution in [0.15, 0.2) is 62.2 Å². The summed E-state index contributed by atoms with van der Waals surface area (Å²) in [5.41, 5.74) is -0.959. The van der Waals surface area contributed by atoms with Crippen LogP contribution in [0.2, 0.25) is 0 Å². The van der Waals surface area contributed by atoms with E-state index in [1.54, 1.807) is 30.4 Å². The quantitative estimate of drug-likeness (QED) is 0.257. The minimum absolute atomic E-state index is 0.0278. The Bertz CT molecular complexity index is 660. The maximum atomic E-state index is 12.6. The predicted octanol–water partition coefficient (Wildman–Crippen LogP) is 3.14. The molecule has 0 aromatic heterocycles.